The Morgan fingerprint density at radius 3 is 2.74 bits per heavy atom. The number of aliphatic hydroxyl groups is 1. The van der Waals surface area contributed by atoms with Crippen LogP contribution in [0.15, 0.2) is 0 Å². The van der Waals surface area contributed by atoms with Gasteiger partial charge in [-0.2, -0.15) is 0 Å². The highest BCUT2D eigenvalue weighted by atomic mass is 16.3. The molecule has 0 bridgehead atoms. The summed E-state index contributed by atoms with van der Waals surface area (Å²) in [6.07, 6.45) is 7.27. The van der Waals surface area contributed by atoms with E-state index in [0.29, 0.717) is 5.92 Å². The lowest BCUT2D eigenvalue weighted by Gasteiger charge is -2.33. The second kappa shape index (κ2) is 4.91. The molecule has 1 aromatic rings. The topological polar surface area (TPSA) is 50.1 Å². The van der Waals surface area contributed by atoms with Crippen LogP contribution in [0.25, 0.3) is 0 Å². The van der Waals surface area contributed by atoms with E-state index in [-0.39, 0.29) is 12.1 Å². The maximum atomic E-state index is 9.88. The number of hydrogen-bond acceptors (Lipinski definition) is 3. The van der Waals surface area contributed by atoms with Crippen LogP contribution in [-0.2, 0) is 19.4 Å². The largest absolute Gasteiger partial charge is 0.394 e. The highest BCUT2D eigenvalue weighted by molar-refractivity contribution is 5.21. The molecule has 2 aliphatic rings. The molecule has 106 valence electrons. The number of hydrogen-bond donors (Lipinski definition) is 2. The molecule has 1 fully saturated rings. The Bertz CT molecular complexity index is 458. The number of aryl methyl sites for hydroxylation is 2. The average Bonchev–Trinajstić information content (AvgIpc) is 3.23. The molecular weight excluding hydrogens is 238 g/mol. The second-order valence-corrected chi connectivity index (χ2v) is 6.18. The number of aliphatic hydroxyl groups excluding tert-OH is 1. The van der Waals surface area contributed by atoms with E-state index in [1.54, 1.807) is 0 Å². The maximum absolute atomic E-state index is 9.88. The van der Waals surface area contributed by atoms with E-state index in [4.69, 9.17) is 4.98 Å². The van der Waals surface area contributed by atoms with Gasteiger partial charge < -0.3 is 15.0 Å². The van der Waals surface area contributed by atoms with E-state index in [1.165, 1.54) is 37.1 Å². The predicted octanol–water partition coefficient (Wildman–Crippen LogP) is 1.43. The van der Waals surface area contributed by atoms with Gasteiger partial charge in [0, 0.05) is 12.2 Å². The number of imidazole rings is 1. The fourth-order valence-corrected chi connectivity index (χ4v) is 3.53. The molecular formula is C15H25N3O. The Morgan fingerprint density at radius 2 is 2.11 bits per heavy atom. The van der Waals surface area contributed by atoms with Crippen LogP contribution in [0.4, 0.5) is 0 Å². The lowest BCUT2D eigenvalue weighted by atomic mass is 9.93. The van der Waals surface area contributed by atoms with Gasteiger partial charge in [-0.1, -0.05) is 0 Å². The van der Waals surface area contributed by atoms with Crippen molar-refractivity contribution in [3.8, 4) is 0 Å². The van der Waals surface area contributed by atoms with Crippen molar-refractivity contribution in [1.29, 1.82) is 0 Å². The second-order valence-electron chi connectivity index (χ2n) is 6.18. The lowest BCUT2D eigenvalue weighted by molar-refractivity contribution is 0.128. The first-order chi connectivity index (χ1) is 9.20. The van der Waals surface area contributed by atoms with Crippen molar-refractivity contribution in [2.24, 2.45) is 5.92 Å². The third kappa shape index (κ3) is 2.21. The van der Waals surface area contributed by atoms with Crippen LogP contribution in [-0.4, -0.2) is 33.9 Å². The summed E-state index contributed by atoms with van der Waals surface area (Å²) < 4.78 is 2.36. The van der Waals surface area contributed by atoms with E-state index in [2.05, 4.69) is 16.8 Å². The third-order valence-corrected chi connectivity index (χ3v) is 5.00. The summed E-state index contributed by atoms with van der Waals surface area (Å²) in [5.41, 5.74) is 2.55. The van der Waals surface area contributed by atoms with Crippen molar-refractivity contribution in [3.05, 3.63) is 17.2 Å². The number of aromatic nitrogens is 2. The van der Waals surface area contributed by atoms with Crippen molar-refractivity contribution >= 4 is 0 Å². The van der Waals surface area contributed by atoms with E-state index < -0.39 is 0 Å². The van der Waals surface area contributed by atoms with Crippen LogP contribution in [0.2, 0.25) is 0 Å². The molecule has 0 radical (unpaired) electrons. The Hall–Kier alpha value is -0.870. The first-order valence-corrected chi connectivity index (χ1v) is 7.55. The van der Waals surface area contributed by atoms with Crippen molar-refractivity contribution in [1.82, 2.24) is 14.9 Å². The van der Waals surface area contributed by atoms with Crippen LogP contribution in [0, 0.1) is 12.8 Å². The van der Waals surface area contributed by atoms with Gasteiger partial charge in [0.15, 0.2) is 0 Å². The molecule has 0 saturated heterocycles. The van der Waals surface area contributed by atoms with Crippen molar-refractivity contribution in [2.75, 3.05) is 13.7 Å². The molecule has 2 N–H and O–H groups in total. The smallest absolute Gasteiger partial charge is 0.106 e. The van der Waals surface area contributed by atoms with Gasteiger partial charge in [0.05, 0.1) is 17.8 Å². The molecule has 0 spiro atoms. The minimum atomic E-state index is -0.156. The van der Waals surface area contributed by atoms with Crippen LogP contribution < -0.4 is 5.32 Å². The molecule has 1 saturated carbocycles. The molecule has 3 rings (SSSR count). The normalized spacial score (nSPS) is 22.1. The number of likely N-dealkylation sites (N-methyl/N-ethyl adjacent to an activating group) is 1. The van der Waals surface area contributed by atoms with Crippen molar-refractivity contribution in [3.63, 3.8) is 0 Å². The summed E-state index contributed by atoms with van der Waals surface area (Å²) in [6, 6.07) is 0. The highest BCUT2D eigenvalue weighted by Gasteiger charge is 2.44. The summed E-state index contributed by atoms with van der Waals surface area (Å²) in [5, 5.41) is 13.3. The zero-order valence-corrected chi connectivity index (χ0v) is 12.1. The number of rotatable bonds is 5. The number of nitrogens with zero attached hydrogens (tertiary/aromatic N) is 2. The Labute approximate surface area is 115 Å². The fourth-order valence-electron chi connectivity index (χ4n) is 3.53. The molecule has 0 aromatic carbocycles. The molecule has 4 heteroatoms. The molecule has 1 unspecified atom stereocenters. The van der Waals surface area contributed by atoms with Crippen molar-refractivity contribution in [2.45, 2.75) is 57.5 Å². The molecule has 0 aliphatic heterocycles. The van der Waals surface area contributed by atoms with Crippen LogP contribution in [0.3, 0.4) is 0 Å². The molecule has 1 heterocycles. The van der Waals surface area contributed by atoms with Gasteiger partial charge in [-0.15, -0.1) is 0 Å². The quantitative estimate of drug-likeness (QED) is 0.845. The lowest BCUT2D eigenvalue weighted by Crippen LogP contribution is -2.52. The molecule has 19 heavy (non-hydrogen) atoms. The average molecular weight is 263 g/mol. The summed E-state index contributed by atoms with van der Waals surface area (Å²) in [6.45, 7) is 3.17. The molecule has 1 atom stereocenters. The first kappa shape index (κ1) is 13.1. The molecule has 4 nitrogen and oxygen atoms in total. The minimum absolute atomic E-state index is 0.156. The van der Waals surface area contributed by atoms with Crippen molar-refractivity contribution < 1.29 is 5.11 Å². The summed E-state index contributed by atoms with van der Waals surface area (Å²) in [7, 11) is 1.98. The highest BCUT2D eigenvalue weighted by Crippen LogP contribution is 2.41. The Balaban J connectivity index is 1.91. The zero-order chi connectivity index (χ0) is 13.5. The summed E-state index contributed by atoms with van der Waals surface area (Å²) in [4.78, 5) is 4.74. The molecule has 0 amide bonds. The molecule has 2 aliphatic carbocycles. The van der Waals surface area contributed by atoms with E-state index >= 15 is 0 Å². The van der Waals surface area contributed by atoms with E-state index in [1.807, 2.05) is 7.05 Å². The van der Waals surface area contributed by atoms with E-state index in [9.17, 15) is 5.11 Å². The third-order valence-electron chi connectivity index (χ3n) is 5.00. The fraction of sp³-hybridized carbons (Fsp3) is 0.800. The van der Waals surface area contributed by atoms with Crippen LogP contribution in [0.5, 0.6) is 0 Å². The predicted molar refractivity (Wildman–Crippen MR) is 75.2 cm³/mol. The van der Waals surface area contributed by atoms with E-state index in [0.717, 1.165) is 25.2 Å². The van der Waals surface area contributed by atoms with Gasteiger partial charge in [-0.05, 0) is 58.4 Å². The summed E-state index contributed by atoms with van der Waals surface area (Å²) >= 11 is 0. The summed E-state index contributed by atoms with van der Waals surface area (Å²) in [5.74, 6) is 1.73. The van der Waals surface area contributed by atoms with Crippen LogP contribution in [0.1, 0.15) is 42.9 Å². The first-order valence-electron chi connectivity index (χ1n) is 7.55. The van der Waals surface area contributed by atoms with Crippen LogP contribution >= 0.6 is 0 Å². The maximum Gasteiger partial charge on any atom is 0.106 e. The standard InChI is InChI=1S/C15H25N3O/c1-11-17-13-5-3-4-6-14(13)18(11)9-15(10-19,16-2)12-7-8-12/h12,16,19H,3-10H2,1-2H3. The van der Waals surface area contributed by atoms with Gasteiger partial charge in [0.25, 0.3) is 0 Å². The molecule has 1 aromatic heterocycles. The van der Waals surface area contributed by atoms with Gasteiger partial charge in [0.2, 0.25) is 0 Å². The number of nitrogens with one attached hydrogen (secondary N) is 1. The SMILES string of the molecule is CNC(CO)(Cn1c(C)nc2c1CCCC2)C1CC1. The minimum Gasteiger partial charge on any atom is -0.394 e. The van der Waals surface area contributed by atoms with Gasteiger partial charge in [-0.25, -0.2) is 4.98 Å². The zero-order valence-electron chi connectivity index (χ0n) is 12.1. The van der Waals surface area contributed by atoms with Gasteiger partial charge in [0.1, 0.15) is 5.82 Å². The monoisotopic (exact) mass is 263 g/mol. The number of fused-ring (bicyclic) bond motifs is 1. The Kier molecular flexibility index (Phi) is 3.39. The van der Waals surface area contributed by atoms with Gasteiger partial charge >= 0.3 is 0 Å². The van der Waals surface area contributed by atoms with Gasteiger partial charge in [-0.3, -0.25) is 0 Å². The Morgan fingerprint density at radius 1 is 1.37 bits per heavy atom.